The van der Waals surface area contributed by atoms with E-state index in [1.165, 1.54) is 25.0 Å². The maximum atomic E-state index is 12.3. The van der Waals surface area contributed by atoms with E-state index in [0.29, 0.717) is 13.0 Å². The molecule has 8 heteroatoms. The highest BCUT2D eigenvalue weighted by Gasteiger charge is 2.47. The number of fused-ring (bicyclic) bond motifs is 2. The van der Waals surface area contributed by atoms with Crippen molar-refractivity contribution in [1.29, 1.82) is 0 Å². The zero-order valence-electron chi connectivity index (χ0n) is 13.6. The van der Waals surface area contributed by atoms with Crippen molar-refractivity contribution in [3.63, 3.8) is 0 Å². The maximum Gasteiger partial charge on any atom is 0.238 e. The number of sulfonamides is 2. The molecule has 2 fully saturated rings. The molecule has 3 N–H and O–H groups in total. The highest BCUT2D eigenvalue weighted by molar-refractivity contribution is 7.89. The first-order valence-electron chi connectivity index (χ1n) is 8.27. The van der Waals surface area contributed by atoms with Crippen molar-refractivity contribution < 1.29 is 16.8 Å². The molecule has 0 heterocycles. The van der Waals surface area contributed by atoms with Gasteiger partial charge in [0.1, 0.15) is 0 Å². The Hall–Kier alpha value is -0.960. The van der Waals surface area contributed by atoms with E-state index in [-0.39, 0.29) is 16.1 Å². The molecule has 134 valence electrons. The van der Waals surface area contributed by atoms with Gasteiger partial charge < -0.3 is 0 Å². The molecule has 0 amide bonds. The van der Waals surface area contributed by atoms with Gasteiger partial charge in [-0.05, 0) is 67.6 Å². The Morgan fingerprint density at radius 2 is 1.71 bits per heavy atom. The lowest BCUT2D eigenvalue weighted by Crippen LogP contribution is -2.35. The van der Waals surface area contributed by atoms with E-state index in [9.17, 15) is 16.8 Å². The molecule has 0 radical (unpaired) electrons. The third-order valence-electron chi connectivity index (χ3n) is 5.37. The second-order valence-electron chi connectivity index (χ2n) is 7.24. The Bertz CT molecular complexity index is 793. The fraction of sp³-hybridized carbons (Fsp3) is 0.625. The summed E-state index contributed by atoms with van der Waals surface area (Å²) in [6.07, 6.45) is 5.99. The van der Waals surface area contributed by atoms with Crippen molar-refractivity contribution in [3.05, 3.63) is 29.8 Å². The van der Waals surface area contributed by atoms with Crippen LogP contribution in [0, 0.1) is 11.3 Å². The topological polar surface area (TPSA) is 106 Å². The lowest BCUT2D eigenvalue weighted by atomic mass is 9.87. The maximum absolute atomic E-state index is 12.3. The monoisotopic (exact) mass is 372 g/mol. The van der Waals surface area contributed by atoms with Crippen LogP contribution in [0.4, 0.5) is 0 Å². The average molecular weight is 373 g/mol. The lowest BCUT2D eigenvalue weighted by Gasteiger charge is -2.26. The third-order valence-corrected chi connectivity index (χ3v) is 7.94. The van der Waals surface area contributed by atoms with E-state index >= 15 is 0 Å². The first kappa shape index (κ1) is 17.8. The molecule has 2 bridgehead atoms. The van der Waals surface area contributed by atoms with Gasteiger partial charge in [-0.3, -0.25) is 0 Å². The van der Waals surface area contributed by atoms with Gasteiger partial charge in [-0.15, -0.1) is 0 Å². The SMILES string of the molecule is NS(=O)(=O)c1ccc(CCNS(=O)(=O)CC23CCC(CC2)C3)cc1. The molecule has 0 aliphatic heterocycles. The summed E-state index contributed by atoms with van der Waals surface area (Å²) < 4.78 is 49.8. The van der Waals surface area contributed by atoms with E-state index in [1.54, 1.807) is 12.1 Å². The van der Waals surface area contributed by atoms with Crippen LogP contribution in [0.2, 0.25) is 0 Å². The summed E-state index contributed by atoms with van der Waals surface area (Å²) in [5.74, 6) is 0.971. The summed E-state index contributed by atoms with van der Waals surface area (Å²) in [6, 6.07) is 6.20. The summed E-state index contributed by atoms with van der Waals surface area (Å²) in [5.41, 5.74) is 0.873. The standard InChI is InChI=1S/C16H24N2O4S2/c17-24(21,22)15-3-1-13(2-4-15)7-10-18-23(19,20)12-16-8-5-14(11-16)6-9-16/h1-4,14,18H,5-12H2,(H2,17,21,22). The number of nitrogens with two attached hydrogens (primary N) is 1. The van der Waals surface area contributed by atoms with Crippen molar-refractivity contribution >= 4 is 20.0 Å². The predicted molar refractivity (Wildman–Crippen MR) is 92.3 cm³/mol. The molecule has 2 aliphatic carbocycles. The molecular weight excluding hydrogens is 348 g/mol. The van der Waals surface area contributed by atoms with Crippen molar-refractivity contribution in [2.75, 3.05) is 12.3 Å². The second kappa shape index (κ2) is 6.40. The molecule has 2 saturated carbocycles. The third kappa shape index (κ3) is 4.17. The molecule has 1 aromatic carbocycles. The summed E-state index contributed by atoms with van der Waals surface area (Å²) in [6.45, 7) is 0.316. The van der Waals surface area contributed by atoms with Crippen molar-refractivity contribution in [2.24, 2.45) is 16.5 Å². The number of nitrogens with one attached hydrogen (secondary N) is 1. The molecule has 0 saturated heterocycles. The molecule has 6 nitrogen and oxygen atoms in total. The molecule has 3 rings (SSSR count). The largest absolute Gasteiger partial charge is 0.238 e. The van der Waals surface area contributed by atoms with Crippen LogP contribution < -0.4 is 9.86 Å². The summed E-state index contributed by atoms with van der Waals surface area (Å²) in [7, 11) is -6.97. The first-order valence-corrected chi connectivity index (χ1v) is 11.5. The normalized spacial score (nSPS) is 26.8. The van der Waals surface area contributed by atoms with Gasteiger partial charge in [0.25, 0.3) is 0 Å². The minimum absolute atomic E-state index is 0.00757. The van der Waals surface area contributed by atoms with Crippen molar-refractivity contribution in [2.45, 2.75) is 43.4 Å². The van der Waals surface area contributed by atoms with Crippen LogP contribution in [0.25, 0.3) is 0 Å². The van der Waals surface area contributed by atoms with Gasteiger partial charge in [-0.2, -0.15) is 0 Å². The Kier molecular flexibility index (Phi) is 4.76. The highest BCUT2D eigenvalue weighted by atomic mass is 32.2. The Morgan fingerprint density at radius 1 is 1.08 bits per heavy atom. The second-order valence-corrected chi connectivity index (χ2v) is 10.6. The lowest BCUT2D eigenvalue weighted by molar-refractivity contribution is 0.333. The van der Waals surface area contributed by atoms with Crippen LogP contribution >= 0.6 is 0 Å². The minimum Gasteiger partial charge on any atom is -0.225 e. The predicted octanol–water partition coefficient (Wildman–Crippen LogP) is 1.38. The fourth-order valence-corrected chi connectivity index (χ4v) is 6.41. The molecule has 0 atom stereocenters. The van der Waals surface area contributed by atoms with E-state index in [4.69, 9.17) is 5.14 Å². The van der Waals surface area contributed by atoms with E-state index < -0.39 is 20.0 Å². The minimum atomic E-state index is -3.69. The van der Waals surface area contributed by atoms with Crippen molar-refractivity contribution in [3.8, 4) is 0 Å². The molecular formula is C16H24N2O4S2. The van der Waals surface area contributed by atoms with Crippen LogP contribution in [-0.2, 0) is 26.5 Å². The molecule has 2 aliphatic rings. The van der Waals surface area contributed by atoms with Crippen LogP contribution in [0.1, 0.15) is 37.7 Å². The van der Waals surface area contributed by atoms with Gasteiger partial charge in [0, 0.05) is 6.54 Å². The Labute approximate surface area is 143 Å². The number of rotatable bonds is 7. The fourth-order valence-electron chi connectivity index (χ4n) is 4.16. The molecule has 24 heavy (non-hydrogen) atoms. The van der Waals surface area contributed by atoms with E-state index in [1.807, 2.05) is 0 Å². The first-order chi connectivity index (χ1) is 11.2. The van der Waals surface area contributed by atoms with Crippen molar-refractivity contribution in [1.82, 2.24) is 4.72 Å². The van der Waals surface area contributed by atoms with Gasteiger partial charge in [0.2, 0.25) is 20.0 Å². The molecule has 1 aromatic rings. The summed E-state index contributed by atoms with van der Waals surface area (Å²) >= 11 is 0. The summed E-state index contributed by atoms with van der Waals surface area (Å²) in [4.78, 5) is 0.0583. The highest BCUT2D eigenvalue weighted by Crippen LogP contribution is 2.54. The molecule has 0 unspecified atom stereocenters. The number of benzene rings is 1. The van der Waals surface area contributed by atoms with Gasteiger partial charge in [-0.25, -0.2) is 26.7 Å². The van der Waals surface area contributed by atoms with Gasteiger partial charge in [0.05, 0.1) is 10.6 Å². The zero-order valence-corrected chi connectivity index (χ0v) is 15.2. The van der Waals surface area contributed by atoms with E-state index in [2.05, 4.69) is 4.72 Å². The van der Waals surface area contributed by atoms with Gasteiger partial charge in [-0.1, -0.05) is 12.1 Å². The van der Waals surface area contributed by atoms with Crippen LogP contribution in [0.3, 0.4) is 0 Å². The van der Waals surface area contributed by atoms with Gasteiger partial charge >= 0.3 is 0 Å². The Morgan fingerprint density at radius 3 is 2.21 bits per heavy atom. The number of primary sulfonamides is 1. The summed E-state index contributed by atoms with van der Waals surface area (Å²) in [5, 5.41) is 5.05. The van der Waals surface area contributed by atoms with Crippen LogP contribution in [-0.4, -0.2) is 29.1 Å². The average Bonchev–Trinajstić information content (AvgIpc) is 3.05. The zero-order chi connectivity index (χ0) is 17.4. The molecule has 0 aromatic heterocycles. The molecule has 0 spiro atoms. The number of hydrogen-bond acceptors (Lipinski definition) is 4. The smallest absolute Gasteiger partial charge is 0.225 e. The quantitative estimate of drug-likeness (QED) is 0.754. The van der Waals surface area contributed by atoms with Crippen LogP contribution in [0.5, 0.6) is 0 Å². The van der Waals surface area contributed by atoms with Crippen LogP contribution in [0.15, 0.2) is 29.2 Å². The van der Waals surface area contributed by atoms with Gasteiger partial charge in [0.15, 0.2) is 0 Å². The Balaban J connectivity index is 1.52. The van der Waals surface area contributed by atoms with E-state index in [0.717, 1.165) is 30.7 Å². The number of hydrogen-bond donors (Lipinski definition) is 2.